The average Bonchev–Trinajstić information content (AvgIpc) is 3.31. The van der Waals surface area contributed by atoms with Gasteiger partial charge in [-0.15, -0.1) is 0 Å². The molecule has 2 aromatic rings. The van der Waals surface area contributed by atoms with E-state index in [1.165, 1.54) is 0 Å². The summed E-state index contributed by atoms with van der Waals surface area (Å²) >= 11 is 0. The minimum absolute atomic E-state index is 0.0146. The van der Waals surface area contributed by atoms with Gasteiger partial charge in [-0.3, -0.25) is 9.69 Å². The number of carbonyl (C=O) groups is 1. The summed E-state index contributed by atoms with van der Waals surface area (Å²) in [4.78, 5) is 24.8. The van der Waals surface area contributed by atoms with Crippen LogP contribution in [0.4, 0.5) is 0 Å². The monoisotopic (exact) mass is 358 g/mol. The summed E-state index contributed by atoms with van der Waals surface area (Å²) < 4.78 is 10.2. The Hall–Kier alpha value is -2.19. The standard InChI is InChI=1S/C18H26N6O2/c1-21(2)17(25)7-15-10-23-9-13(6-14(23)11-26-15)24-5-4-20-18(24)16-8-19-12-22(16)3/h4-5,8,12-15H,6-7,9-11H2,1-3H3/t13-,14+,15+/m1/s1. The number of rotatable bonds is 4. The average molecular weight is 358 g/mol. The second-order valence-corrected chi connectivity index (χ2v) is 7.49. The topological polar surface area (TPSA) is 68.4 Å². The lowest BCUT2D eigenvalue weighted by molar-refractivity contribution is -0.134. The molecular formula is C18H26N6O2. The quantitative estimate of drug-likeness (QED) is 0.808. The molecule has 4 rings (SSSR count). The second kappa shape index (κ2) is 6.85. The molecule has 2 saturated heterocycles. The first kappa shape index (κ1) is 17.2. The summed E-state index contributed by atoms with van der Waals surface area (Å²) in [5.41, 5.74) is 1.02. The van der Waals surface area contributed by atoms with Crippen molar-refractivity contribution in [3.8, 4) is 11.5 Å². The van der Waals surface area contributed by atoms with Crippen LogP contribution in [0.3, 0.4) is 0 Å². The van der Waals surface area contributed by atoms with Gasteiger partial charge < -0.3 is 18.8 Å². The van der Waals surface area contributed by atoms with Crippen LogP contribution in [0.15, 0.2) is 24.9 Å². The van der Waals surface area contributed by atoms with Crippen LogP contribution in [-0.2, 0) is 16.6 Å². The molecule has 0 N–H and O–H groups in total. The van der Waals surface area contributed by atoms with Gasteiger partial charge in [0.1, 0.15) is 5.69 Å². The summed E-state index contributed by atoms with van der Waals surface area (Å²) in [6, 6.07) is 0.770. The molecule has 2 aromatic heterocycles. The highest BCUT2D eigenvalue weighted by atomic mass is 16.5. The van der Waals surface area contributed by atoms with Crippen molar-refractivity contribution in [1.82, 2.24) is 28.9 Å². The first-order valence-corrected chi connectivity index (χ1v) is 9.08. The fraction of sp³-hybridized carbons (Fsp3) is 0.611. The molecule has 26 heavy (non-hydrogen) atoms. The number of ether oxygens (including phenoxy) is 1. The zero-order chi connectivity index (χ0) is 18.3. The van der Waals surface area contributed by atoms with Crippen molar-refractivity contribution in [1.29, 1.82) is 0 Å². The maximum Gasteiger partial charge on any atom is 0.224 e. The van der Waals surface area contributed by atoms with Gasteiger partial charge in [-0.25, -0.2) is 9.97 Å². The van der Waals surface area contributed by atoms with E-state index in [0.717, 1.165) is 31.0 Å². The van der Waals surface area contributed by atoms with E-state index in [4.69, 9.17) is 4.74 Å². The first-order valence-electron chi connectivity index (χ1n) is 9.08. The van der Waals surface area contributed by atoms with Crippen molar-refractivity contribution in [3.63, 3.8) is 0 Å². The molecule has 2 fully saturated rings. The van der Waals surface area contributed by atoms with E-state index < -0.39 is 0 Å². The molecule has 2 aliphatic rings. The zero-order valence-corrected chi connectivity index (χ0v) is 15.6. The van der Waals surface area contributed by atoms with Crippen LogP contribution in [0.1, 0.15) is 18.9 Å². The minimum atomic E-state index is -0.0146. The third kappa shape index (κ3) is 3.14. The summed E-state index contributed by atoms with van der Waals surface area (Å²) in [5, 5.41) is 0. The molecule has 2 aliphatic heterocycles. The van der Waals surface area contributed by atoms with E-state index in [-0.39, 0.29) is 12.0 Å². The molecule has 4 heterocycles. The Labute approximate surface area is 153 Å². The van der Waals surface area contributed by atoms with Crippen LogP contribution in [0.2, 0.25) is 0 Å². The number of aryl methyl sites for hydroxylation is 1. The third-order valence-electron chi connectivity index (χ3n) is 5.48. The molecule has 8 nitrogen and oxygen atoms in total. The lowest BCUT2D eigenvalue weighted by Crippen LogP contribution is -2.47. The highest BCUT2D eigenvalue weighted by molar-refractivity contribution is 5.76. The summed E-state index contributed by atoms with van der Waals surface area (Å²) in [5.74, 6) is 1.08. The van der Waals surface area contributed by atoms with Crippen molar-refractivity contribution in [2.75, 3.05) is 33.8 Å². The molecule has 0 radical (unpaired) electrons. The summed E-state index contributed by atoms with van der Waals surface area (Å²) in [7, 11) is 5.57. The van der Waals surface area contributed by atoms with Gasteiger partial charge in [0, 0.05) is 58.7 Å². The molecule has 1 amide bonds. The van der Waals surface area contributed by atoms with Crippen LogP contribution >= 0.6 is 0 Å². The molecule has 0 unspecified atom stereocenters. The predicted octanol–water partition coefficient (Wildman–Crippen LogP) is 0.776. The smallest absolute Gasteiger partial charge is 0.224 e. The Kier molecular flexibility index (Phi) is 4.54. The summed E-state index contributed by atoms with van der Waals surface area (Å²) in [6.45, 7) is 2.47. The number of fused-ring (bicyclic) bond motifs is 1. The number of morpholine rings is 1. The molecule has 0 saturated carbocycles. The van der Waals surface area contributed by atoms with Gasteiger partial charge in [-0.05, 0) is 6.42 Å². The number of hydrogen-bond donors (Lipinski definition) is 0. The minimum Gasteiger partial charge on any atom is -0.375 e. The van der Waals surface area contributed by atoms with Gasteiger partial charge in [0.05, 0.1) is 31.7 Å². The number of aromatic nitrogens is 4. The highest BCUT2D eigenvalue weighted by Crippen LogP contribution is 2.33. The van der Waals surface area contributed by atoms with Crippen molar-refractivity contribution >= 4 is 5.91 Å². The lowest BCUT2D eigenvalue weighted by atomic mass is 10.1. The molecular weight excluding hydrogens is 332 g/mol. The number of amides is 1. The number of hydrogen-bond acceptors (Lipinski definition) is 5. The Morgan fingerprint density at radius 1 is 1.35 bits per heavy atom. The molecule has 8 heteroatoms. The fourth-order valence-electron chi connectivity index (χ4n) is 4.00. The van der Waals surface area contributed by atoms with Crippen LogP contribution in [0.5, 0.6) is 0 Å². The van der Waals surface area contributed by atoms with E-state index >= 15 is 0 Å². The normalized spacial score (nSPS) is 26.0. The maximum absolute atomic E-state index is 12.0. The van der Waals surface area contributed by atoms with Crippen LogP contribution in [0.25, 0.3) is 11.5 Å². The molecule has 0 bridgehead atoms. The fourth-order valence-corrected chi connectivity index (χ4v) is 4.00. The van der Waals surface area contributed by atoms with Gasteiger partial charge in [-0.1, -0.05) is 0 Å². The summed E-state index contributed by atoms with van der Waals surface area (Å²) in [6.07, 6.45) is 9.04. The van der Waals surface area contributed by atoms with Gasteiger partial charge in [0.25, 0.3) is 0 Å². The largest absolute Gasteiger partial charge is 0.375 e. The molecule has 3 atom stereocenters. The molecule has 0 aliphatic carbocycles. The van der Waals surface area contributed by atoms with Crippen LogP contribution in [0, 0.1) is 0 Å². The number of imidazole rings is 2. The number of nitrogens with zero attached hydrogens (tertiary/aromatic N) is 6. The van der Waals surface area contributed by atoms with Crippen LogP contribution in [-0.4, -0.2) is 80.7 Å². The van der Waals surface area contributed by atoms with Gasteiger partial charge >= 0.3 is 0 Å². The highest BCUT2D eigenvalue weighted by Gasteiger charge is 2.39. The van der Waals surface area contributed by atoms with Gasteiger partial charge in [0.15, 0.2) is 5.82 Å². The van der Waals surface area contributed by atoms with Crippen molar-refractivity contribution in [2.24, 2.45) is 7.05 Å². The van der Waals surface area contributed by atoms with E-state index in [9.17, 15) is 4.79 Å². The predicted molar refractivity (Wildman–Crippen MR) is 96.5 cm³/mol. The Bertz CT molecular complexity index is 782. The Balaban J connectivity index is 1.46. The SMILES string of the molecule is CN(C)C(=O)C[C@H]1CN2C[C@H](n3ccnc3-c3cncn3C)C[C@H]2CO1. The van der Waals surface area contributed by atoms with E-state index in [1.807, 2.05) is 24.0 Å². The van der Waals surface area contributed by atoms with Crippen molar-refractivity contribution < 1.29 is 9.53 Å². The molecule has 0 spiro atoms. The lowest BCUT2D eigenvalue weighted by Gasteiger charge is -2.35. The van der Waals surface area contributed by atoms with E-state index in [2.05, 4.69) is 25.6 Å². The molecule has 0 aromatic carbocycles. The van der Waals surface area contributed by atoms with Crippen molar-refractivity contribution in [2.45, 2.75) is 31.0 Å². The van der Waals surface area contributed by atoms with Crippen molar-refractivity contribution in [3.05, 3.63) is 24.9 Å². The van der Waals surface area contributed by atoms with E-state index in [1.54, 1.807) is 25.3 Å². The number of carbonyl (C=O) groups excluding carboxylic acids is 1. The van der Waals surface area contributed by atoms with E-state index in [0.29, 0.717) is 25.1 Å². The van der Waals surface area contributed by atoms with Gasteiger partial charge in [-0.2, -0.15) is 0 Å². The first-order chi connectivity index (χ1) is 12.5. The van der Waals surface area contributed by atoms with Crippen LogP contribution < -0.4 is 0 Å². The molecule has 140 valence electrons. The van der Waals surface area contributed by atoms with Gasteiger partial charge in [0.2, 0.25) is 5.91 Å². The maximum atomic E-state index is 12.0. The zero-order valence-electron chi connectivity index (χ0n) is 15.6. The Morgan fingerprint density at radius 3 is 2.92 bits per heavy atom. The second-order valence-electron chi connectivity index (χ2n) is 7.49. The third-order valence-corrected chi connectivity index (χ3v) is 5.48. The Morgan fingerprint density at radius 2 is 2.19 bits per heavy atom.